The van der Waals surface area contributed by atoms with Crippen molar-refractivity contribution in [3.63, 3.8) is 0 Å². The summed E-state index contributed by atoms with van der Waals surface area (Å²) in [5.74, 6) is -1.28. The van der Waals surface area contributed by atoms with Gasteiger partial charge in [0, 0.05) is 20.3 Å². The summed E-state index contributed by atoms with van der Waals surface area (Å²) in [6.45, 7) is 1.28. The van der Waals surface area contributed by atoms with Crippen LogP contribution in [0.1, 0.15) is 38.5 Å². The second-order valence-corrected chi connectivity index (χ2v) is 5.67. The molecule has 0 bridgehead atoms. The lowest BCUT2D eigenvalue weighted by Gasteiger charge is -2.36. The number of carbonyl (C=O) groups is 2. The third-order valence-corrected chi connectivity index (χ3v) is 4.47. The normalized spacial score (nSPS) is 22.9. The molecule has 2 N–H and O–H groups in total. The molecule has 0 atom stereocenters. The van der Waals surface area contributed by atoms with Gasteiger partial charge in [-0.3, -0.25) is 9.59 Å². The average molecular weight is 255 g/mol. The molecule has 2 rings (SSSR count). The molecule has 2 fully saturated rings. The molecule has 5 nitrogen and oxygen atoms in total. The number of carboxylic acid groups (broad SMARTS) is 1. The van der Waals surface area contributed by atoms with Crippen LogP contribution in [0.15, 0.2) is 0 Å². The van der Waals surface area contributed by atoms with Crippen LogP contribution in [0, 0.1) is 10.8 Å². The molecule has 0 aromatic rings. The maximum absolute atomic E-state index is 12.0. The van der Waals surface area contributed by atoms with Gasteiger partial charge in [-0.05, 0) is 37.5 Å². The number of methoxy groups -OCH3 is 1. The van der Waals surface area contributed by atoms with Crippen molar-refractivity contribution in [1.82, 2.24) is 5.32 Å². The Morgan fingerprint density at radius 3 is 2.33 bits per heavy atom. The van der Waals surface area contributed by atoms with E-state index >= 15 is 0 Å². The fourth-order valence-electron chi connectivity index (χ4n) is 2.52. The fourth-order valence-corrected chi connectivity index (χ4v) is 2.52. The first-order chi connectivity index (χ1) is 8.55. The molecule has 2 aliphatic rings. The molecule has 0 aromatic carbocycles. The van der Waals surface area contributed by atoms with Gasteiger partial charge in [-0.2, -0.15) is 0 Å². The number of ether oxygens (including phenoxy) is 1. The number of carbonyl (C=O) groups excluding carboxylic acids is 1. The van der Waals surface area contributed by atoms with Crippen molar-refractivity contribution >= 4 is 11.9 Å². The van der Waals surface area contributed by atoms with Crippen LogP contribution in [0.5, 0.6) is 0 Å². The SMILES string of the molecule is COCCC1(CNC(=O)C2(C(=O)O)CCC2)CC1. The summed E-state index contributed by atoms with van der Waals surface area (Å²) in [7, 11) is 1.67. The minimum absolute atomic E-state index is 0.162. The molecule has 0 heterocycles. The summed E-state index contributed by atoms with van der Waals surface area (Å²) >= 11 is 0. The van der Waals surface area contributed by atoms with E-state index in [1.54, 1.807) is 7.11 Å². The van der Waals surface area contributed by atoms with Crippen molar-refractivity contribution in [3.8, 4) is 0 Å². The van der Waals surface area contributed by atoms with Crippen LogP contribution in [0.2, 0.25) is 0 Å². The number of nitrogens with one attached hydrogen (secondary N) is 1. The molecule has 102 valence electrons. The maximum atomic E-state index is 12.0. The Hall–Kier alpha value is -1.10. The van der Waals surface area contributed by atoms with Crippen LogP contribution in [-0.4, -0.2) is 37.2 Å². The van der Waals surface area contributed by atoms with Gasteiger partial charge in [-0.15, -0.1) is 0 Å². The van der Waals surface area contributed by atoms with E-state index in [-0.39, 0.29) is 11.3 Å². The minimum atomic E-state index is -1.14. The van der Waals surface area contributed by atoms with Crippen LogP contribution in [-0.2, 0) is 14.3 Å². The molecule has 0 saturated heterocycles. The van der Waals surface area contributed by atoms with Crippen molar-refractivity contribution < 1.29 is 19.4 Å². The highest BCUT2D eigenvalue weighted by Gasteiger charge is 2.52. The summed E-state index contributed by atoms with van der Waals surface area (Å²) in [4.78, 5) is 23.2. The Balaban J connectivity index is 1.83. The fraction of sp³-hybridized carbons (Fsp3) is 0.846. The van der Waals surface area contributed by atoms with Gasteiger partial charge in [0.05, 0.1) is 0 Å². The van der Waals surface area contributed by atoms with E-state index in [9.17, 15) is 9.59 Å². The van der Waals surface area contributed by atoms with Crippen LogP contribution < -0.4 is 5.32 Å². The average Bonchev–Trinajstić information content (AvgIpc) is 3.02. The van der Waals surface area contributed by atoms with Crippen molar-refractivity contribution in [2.24, 2.45) is 10.8 Å². The highest BCUT2D eigenvalue weighted by Crippen LogP contribution is 2.48. The van der Waals surface area contributed by atoms with Gasteiger partial charge < -0.3 is 15.2 Å². The third-order valence-electron chi connectivity index (χ3n) is 4.47. The van der Waals surface area contributed by atoms with Crippen LogP contribution in [0.3, 0.4) is 0 Å². The van der Waals surface area contributed by atoms with E-state index in [0.717, 1.165) is 25.7 Å². The van der Waals surface area contributed by atoms with Gasteiger partial charge in [-0.1, -0.05) is 6.42 Å². The van der Waals surface area contributed by atoms with Gasteiger partial charge in [0.25, 0.3) is 0 Å². The molecule has 5 heteroatoms. The number of aliphatic carboxylic acids is 1. The van der Waals surface area contributed by atoms with Crippen LogP contribution in [0.25, 0.3) is 0 Å². The Kier molecular flexibility index (Phi) is 3.61. The Labute approximate surface area is 107 Å². The molecule has 18 heavy (non-hydrogen) atoms. The summed E-state index contributed by atoms with van der Waals surface area (Å²) in [6.07, 6.45) is 4.89. The first-order valence-electron chi connectivity index (χ1n) is 6.55. The van der Waals surface area contributed by atoms with E-state index in [4.69, 9.17) is 9.84 Å². The lowest BCUT2D eigenvalue weighted by atomic mass is 9.68. The molecular weight excluding hydrogens is 234 g/mol. The number of amides is 1. The monoisotopic (exact) mass is 255 g/mol. The molecule has 1 amide bonds. The van der Waals surface area contributed by atoms with Crippen LogP contribution >= 0.6 is 0 Å². The van der Waals surface area contributed by atoms with E-state index in [1.807, 2.05) is 0 Å². The first-order valence-corrected chi connectivity index (χ1v) is 6.55. The van der Waals surface area contributed by atoms with Crippen molar-refractivity contribution in [1.29, 1.82) is 0 Å². The van der Waals surface area contributed by atoms with Gasteiger partial charge in [0.2, 0.25) is 5.91 Å². The zero-order chi connectivity index (χ0) is 13.2. The topological polar surface area (TPSA) is 75.6 Å². The quantitative estimate of drug-likeness (QED) is 0.670. The predicted octanol–water partition coefficient (Wildman–Crippen LogP) is 1.17. The molecule has 0 radical (unpaired) electrons. The van der Waals surface area contributed by atoms with Gasteiger partial charge in [0.15, 0.2) is 0 Å². The number of carboxylic acids is 1. The number of hydrogen-bond donors (Lipinski definition) is 2. The van der Waals surface area contributed by atoms with Crippen LogP contribution in [0.4, 0.5) is 0 Å². The summed E-state index contributed by atoms with van der Waals surface area (Å²) in [6, 6.07) is 0. The summed E-state index contributed by atoms with van der Waals surface area (Å²) < 4.78 is 5.06. The Bertz CT molecular complexity index is 345. The van der Waals surface area contributed by atoms with Crippen molar-refractivity contribution in [2.45, 2.75) is 38.5 Å². The molecule has 0 unspecified atom stereocenters. The van der Waals surface area contributed by atoms with Gasteiger partial charge in [-0.25, -0.2) is 0 Å². The van der Waals surface area contributed by atoms with E-state index in [2.05, 4.69) is 5.32 Å². The summed E-state index contributed by atoms with van der Waals surface area (Å²) in [5, 5.41) is 12.0. The highest BCUT2D eigenvalue weighted by molar-refractivity contribution is 6.02. The zero-order valence-electron chi connectivity index (χ0n) is 10.8. The largest absolute Gasteiger partial charge is 0.480 e. The zero-order valence-corrected chi connectivity index (χ0v) is 10.8. The van der Waals surface area contributed by atoms with Crippen molar-refractivity contribution in [3.05, 3.63) is 0 Å². The molecule has 0 spiro atoms. The first kappa shape index (κ1) is 13.3. The second-order valence-electron chi connectivity index (χ2n) is 5.67. The third kappa shape index (κ3) is 2.36. The van der Waals surface area contributed by atoms with Gasteiger partial charge in [0.1, 0.15) is 5.41 Å². The lowest BCUT2D eigenvalue weighted by Crippen LogP contribution is -2.52. The molecule has 0 aliphatic heterocycles. The standard InChI is InChI=1S/C13H21NO4/c1-18-8-7-12(5-6-12)9-14-10(15)13(11(16)17)3-2-4-13/h2-9H2,1H3,(H,14,15)(H,16,17). The molecule has 0 aromatic heterocycles. The van der Waals surface area contributed by atoms with Crippen molar-refractivity contribution in [2.75, 3.05) is 20.3 Å². The van der Waals surface area contributed by atoms with E-state index in [0.29, 0.717) is 26.0 Å². The number of hydrogen-bond acceptors (Lipinski definition) is 3. The Morgan fingerprint density at radius 2 is 1.94 bits per heavy atom. The van der Waals surface area contributed by atoms with E-state index < -0.39 is 11.4 Å². The molecule has 2 aliphatic carbocycles. The summed E-state index contributed by atoms with van der Waals surface area (Å²) in [5.41, 5.74) is -0.980. The Morgan fingerprint density at radius 1 is 1.28 bits per heavy atom. The van der Waals surface area contributed by atoms with Gasteiger partial charge >= 0.3 is 5.97 Å². The number of rotatable bonds is 7. The van der Waals surface area contributed by atoms with E-state index in [1.165, 1.54) is 0 Å². The predicted molar refractivity (Wildman–Crippen MR) is 65.1 cm³/mol. The smallest absolute Gasteiger partial charge is 0.319 e. The highest BCUT2D eigenvalue weighted by atomic mass is 16.5. The maximum Gasteiger partial charge on any atom is 0.319 e. The lowest BCUT2D eigenvalue weighted by molar-refractivity contribution is -0.162. The molecular formula is C13H21NO4. The molecule has 2 saturated carbocycles. The minimum Gasteiger partial charge on any atom is -0.480 e. The second kappa shape index (κ2) is 4.88.